The summed E-state index contributed by atoms with van der Waals surface area (Å²) in [4.78, 5) is 12.4. The Morgan fingerprint density at radius 2 is 1.91 bits per heavy atom. The van der Waals surface area contributed by atoms with E-state index in [1.165, 1.54) is 0 Å². The number of carbonyl (C=O) groups is 1. The van der Waals surface area contributed by atoms with Crippen LogP contribution in [0.4, 0.5) is 0 Å². The molecule has 34 heavy (non-hydrogen) atoms. The average Bonchev–Trinajstić information content (AvgIpc) is 3.55. The number of cyclic esters (lactones) is 1. The molecule has 2 aliphatic heterocycles. The Bertz CT molecular complexity index is 728. The molecule has 6 heteroatoms. The molecule has 0 spiro atoms. The van der Waals surface area contributed by atoms with E-state index in [1.807, 2.05) is 52.8 Å². The Morgan fingerprint density at radius 1 is 1.21 bits per heavy atom. The number of epoxide rings is 1. The molecular weight excluding hydrogens is 432 g/mol. The van der Waals surface area contributed by atoms with Crippen LogP contribution in [-0.2, 0) is 14.3 Å². The highest BCUT2D eigenvalue weighted by Crippen LogP contribution is 2.36. The van der Waals surface area contributed by atoms with E-state index in [0.29, 0.717) is 18.8 Å². The van der Waals surface area contributed by atoms with E-state index in [4.69, 9.17) is 9.47 Å². The van der Waals surface area contributed by atoms with Crippen LogP contribution in [0.15, 0.2) is 36.0 Å². The summed E-state index contributed by atoms with van der Waals surface area (Å²) >= 11 is 0. The average molecular weight is 479 g/mol. The molecule has 6 nitrogen and oxygen atoms in total. The zero-order valence-corrected chi connectivity index (χ0v) is 21.8. The van der Waals surface area contributed by atoms with Crippen molar-refractivity contribution >= 4 is 5.97 Å². The Kier molecular flexibility index (Phi) is 11.5. The van der Waals surface area contributed by atoms with E-state index in [1.54, 1.807) is 6.08 Å². The number of hydrogen-bond acceptors (Lipinski definition) is 6. The molecule has 1 saturated heterocycles. The molecule has 2 aliphatic rings. The monoisotopic (exact) mass is 478 g/mol. The fourth-order valence-electron chi connectivity index (χ4n) is 4.64. The fourth-order valence-corrected chi connectivity index (χ4v) is 4.64. The van der Waals surface area contributed by atoms with Crippen LogP contribution in [0.1, 0.15) is 73.6 Å². The third-order valence-electron chi connectivity index (χ3n) is 7.31. The molecule has 194 valence electrons. The van der Waals surface area contributed by atoms with Crippen LogP contribution in [0.2, 0.25) is 0 Å². The zero-order chi connectivity index (χ0) is 25.4. The van der Waals surface area contributed by atoms with Crippen molar-refractivity contribution in [2.24, 2.45) is 23.7 Å². The van der Waals surface area contributed by atoms with Crippen LogP contribution >= 0.6 is 0 Å². The standard InChI is InChI=1S/C28H46O6/c1-7-23(30)21(6)28-25(33-28)15-17(2)9-8-10-19(4)27-20(5)12-14-24(31)18(3)11-13-22(29)16-26(32)34-27/h8-10,12,14,17-18,20-25,27-31H,7,11,13,15-16H2,1-6H3. The minimum absolute atomic E-state index is 0.0105. The first-order valence-electron chi connectivity index (χ1n) is 13.0. The molecule has 0 saturated carbocycles. The van der Waals surface area contributed by atoms with Crippen LogP contribution in [0.5, 0.6) is 0 Å². The molecule has 0 aromatic carbocycles. The maximum atomic E-state index is 12.4. The van der Waals surface area contributed by atoms with Gasteiger partial charge in [-0.2, -0.15) is 0 Å². The number of aliphatic hydroxyl groups is 3. The van der Waals surface area contributed by atoms with Gasteiger partial charge in [0.15, 0.2) is 0 Å². The van der Waals surface area contributed by atoms with Crippen molar-refractivity contribution < 1.29 is 29.6 Å². The normalized spacial score (nSPS) is 36.3. The molecule has 10 unspecified atom stereocenters. The molecule has 2 heterocycles. The summed E-state index contributed by atoms with van der Waals surface area (Å²) in [5.74, 6) is -0.0450. The number of rotatable bonds is 8. The van der Waals surface area contributed by atoms with Gasteiger partial charge in [-0.15, -0.1) is 0 Å². The summed E-state index contributed by atoms with van der Waals surface area (Å²) in [5.41, 5.74) is 0.906. The highest BCUT2D eigenvalue weighted by molar-refractivity contribution is 5.70. The van der Waals surface area contributed by atoms with E-state index in [2.05, 4.69) is 13.0 Å². The number of hydrogen-bond donors (Lipinski definition) is 3. The third kappa shape index (κ3) is 8.95. The molecule has 3 N–H and O–H groups in total. The highest BCUT2D eigenvalue weighted by Gasteiger charge is 2.44. The van der Waals surface area contributed by atoms with Gasteiger partial charge >= 0.3 is 5.97 Å². The lowest BCUT2D eigenvalue weighted by atomic mass is 9.92. The van der Waals surface area contributed by atoms with Crippen LogP contribution in [0, 0.1) is 23.7 Å². The Labute approximate surface area is 205 Å². The minimum atomic E-state index is -0.763. The molecule has 0 aromatic heterocycles. The quantitative estimate of drug-likeness (QED) is 0.208. The Hall–Kier alpha value is -1.47. The largest absolute Gasteiger partial charge is 0.457 e. The minimum Gasteiger partial charge on any atom is -0.457 e. The molecule has 2 rings (SSSR count). The molecule has 10 atom stereocenters. The first-order valence-corrected chi connectivity index (χ1v) is 13.0. The lowest BCUT2D eigenvalue weighted by Gasteiger charge is -2.26. The van der Waals surface area contributed by atoms with Crippen LogP contribution in [0.25, 0.3) is 0 Å². The SMILES string of the molecule is CCC(O)C(C)C1OC1CC(C)C=CC=C(C)C1OC(=O)CC(O)CCC(C)C(O)C=CC1C. The summed E-state index contributed by atoms with van der Waals surface area (Å²) in [6.07, 6.45) is 10.7. The van der Waals surface area contributed by atoms with Gasteiger partial charge in [0.25, 0.3) is 0 Å². The molecule has 0 radical (unpaired) electrons. The molecular formula is C28H46O6. The van der Waals surface area contributed by atoms with Crippen LogP contribution in [-0.4, -0.2) is 57.9 Å². The number of carbonyl (C=O) groups excluding carboxylic acids is 1. The predicted molar refractivity (Wildman–Crippen MR) is 134 cm³/mol. The molecule has 0 bridgehead atoms. The number of allylic oxidation sites excluding steroid dienone is 3. The van der Waals surface area contributed by atoms with Crippen molar-refractivity contribution in [3.8, 4) is 0 Å². The van der Waals surface area contributed by atoms with E-state index < -0.39 is 24.3 Å². The van der Waals surface area contributed by atoms with Gasteiger partial charge in [-0.25, -0.2) is 0 Å². The van der Waals surface area contributed by atoms with Crippen molar-refractivity contribution in [3.05, 3.63) is 36.0 Å². The van der Waals surface area contributed by atoms with Gasteiger partial charge in [-0.1, -0.05) is 65.0 Å². The van der Waals surface area contributed by atoms with Gasteiger partial charge in [-0.3, -0.25) is 4.79 Å². The Morgan fingerprint density at radius 3 is 2.59 bits per heavy atom. The topological polar surface area (TPSA) is 99.5 Å². The summed E-state index contributed by atoms with van der Waals surface area (Å²) < 4.78 is 11.6. The van der Waals surface area contributed by atoms with E-state index >= 15 is 0 Å². The van der Waals surface area contributed by atoms with Gasteiger partial charge in [0.2, 0.25) is 0 Å². The maximum absolute atomic E-state index is 12.4. The molecule has 0 aliphatic carbocycles. The van der Waals surface area contributed by atoms with Crippen LogP contribution in [0.3, 0.4) is 0 Å². The molecule has 0 amide bonds. The second kappa shape index (κ2) is 13.6. The zero-order valence-electron chi connectivity index (χ0n) is 21.8. The van der Waals surface area contributed by atoms with Crippen molar-refractivity contribution in [2.75, 3.05) is 0 Å². The summed E-state index contributed by atoms with van der Waals surface area (Å²) in [6, 6.07) is 0. The molecule has 1 fully saturated rings. The van der Waals surface area contributed by atoms with Crippen molar-refractivity contribution in [3.63, 3.8) is 0 Å². The number of ether oxygens (including phenoxy) is 2. The Balaban J connectivity index is 2.00. The van der Waals surface area contributed by atoms with Crippen LogP contribution < -0.4 is 0 Å². The van der Waals surface area contributed by atoms with Crippen molar-refractivity contribution in [2.45, 2.75) is 110 Å². The summed E-state index contributed by atoms with van der Waals surface area (Å²) in [7, 11) is 0. The fraction of sp³-hybridized carbons (Fsp3) is 0.750. The smallest absolute Gasteiger partial charge is 0.309 e. The third-order valence-corrected chi connectivity index (χ3v) is 7.31. The second-order valence-electron chi connectivity index (χ2n) is 10.5. The number of esters is 1. The second-order valence-corrected chi connectivity index (χ2v) is 10.5. The first kappa shape index (κ1) is 28.8. The highest BCUT2D eigenvalue weighted by atomic mass is 16.6. The maximum Gasteiger partial charge on any atom is 0.309 e. The van der Waals surface area contributed by atoms with Crippen molar-refractivity contribution in [1.82, 2.24) is 0 Å². The van der Waals surface area contributed by atoms with Gasteiger partial charge in [0.1, 0.15) is 6.10 Å². The predicted octanol–water partition coefficient (Wildman–Crippen LogP) is 4.34. The van der Waals surface area contributed by atoms with Gasteiger partial charge in [0, 0.05) is 11.8 Å². The summed E-state index contributed by atoms with van der Waals surface area (Å²) in [5, 5.41) is 30.6. The van der Waals surface area contributed by atoms with E-state index in [9.17, 15) is 20.1 Å². The first-order chi connectivity index (χ1) is 16.0. The van der Waals surface area contributed by atoms with Gasteiger partial charge in [-0.05, 0) is 50.0 Å². The van der Waals surface area contributed by atoms with Gasteiger partial charge in [0.05, 0.1) is 36.9 Å². The van der Waals surface area contributed by atoms with E-state index in [0.717, 1.165) is 18.4 Å². The lowest BCUT2D eigenvalue weighted by molar-refractivity contribution is -0.151. The summed E-state index contributed by atoms with van der Waals surface area (Å²) in [6.45, 7) is 12.0. The van der Waals surface area contributed by atoms with Gasteiger partial charge < -0.3 is 24.8 Å². The number of aliphatic hydroxyl groups excluding tert-OH is 3. The van der Waals surface area contributed by atoms with Crippen molar-refractivity contribution in [1.29, 1.82) is 0 Å². The lowest BCUT2D eigenvalue weighted by Crippen LogP contribution is -2.29. The molecule has 0 aromatic rings. The van der Waals surface area contributed by atoms with E-state index in [-0.39, 0.29) is 42.5 Å².